The summed E-state index contributed by atoms with van der Waals surface area (Å²) in [4.78, 5) is 0. The number of halogens is 1. The Bertz CT molecular complexity index is 862. The fraction of sp³-hybridized carbons (Fsp3) is 0.211. The summed E-state index contributed by atoms with van der Waals surface area (Å²) in [5.41, 5.74) is 5.07. The second kappa shape index (κ2) is 5.91. The van der Waals surface area contributed by atoms with Gasteiger partial charge in [-0.1, -0.05) is 24.3 Å². The molecule has 2 aromatic carbocycles. The summed E-state index contributed by atoms with van der Waals surface area (Å²) in [6, 6.07) is 12.7. The lowest BCUT2D eigenvalue weighted by Crippen LogP contribution is -2.44. The van der Waals surface area contributed by atoms with Crippen LogP contribution in [0.3, 0.4) is 0 Å². The van der Waals surface area contributed by atoms with Crippen LogP contribution in [0.5, 0.6) is 5.75 Å². The molecule has 2 aromatic rings. The van der Waals surface area contributed by atoms with Crippen molar-refractivity contribution in [2.45, 2.75) is 18.9 Å². The van der Waals surface area contributed by atoms with Crippen LogP contribution in [0.25, 0.3) is 5.70 Å². The molecule has 0 spiro atoms. The minimum Gasteiger partial charge on any atom is -0.497 e. The van der Waals surface area contributed by atoms with Crippen molar-refractivity contribution in [1.82, 2.24) is 10.6 Å². The quantitative estimate of drug-likeness (QED) is 0.817. The molecule has 122 valence electrons. The summed E-state index contributed by atoms with van der Waals surface area (Å²) in [7, 11) is 1.66. The molecule has 0 radical (unpaired) electrons. The van der Waals surface area contributed by atoms with Crippen molar-refractivity contribution in [3.63, 3.8) is 0 Å². The van der Waals surface area contributed by atoms with Gasteiger partial charge in [-0.25, -0.2) is 4.39 Å². The van der Waals surface area contributed by atoms with Gasteiger partial charge in [-0.2, -0.15) is 0 Å². The molecule has 0 saturated heterocycles. The van der Waals surface area contributed by atoms with Gasteiger partial charge in [-0.3, -0.25) is 0 Å². The van der Waals surface area contributed by atoms with E-state index in [0.29, 0.717) is 10.7 Å². The van der Waals surface area contributed by atoms with Crippen LogP contribution >= 0.6 is 12.2 Å². The van der Waals surface area contributed by atoms with Gasteiger partial charge in [-0.15, -0.1) is 0 Å². The zero-order chi connectivity index (χ0) is 16.7. The number of fused-ring (bicyclic) bond motifs is 2. The van der Waals surface area contributed by atoms with Gasteiger partial charge in [0.25, 0.3) is 0 Å². The number of ether oxygens (including phenoxy) is 1. The fourth-order valence-electron chi connectivity index (χ4n) is 3.48. The van der Waals surface area contributed by atoms with E-state index in [0.717, 1.165) is 35.4 Å². The lowest BCUT2D eigenvalue weighted by atomic mass is 9.82. The number of benzene rings is 2. The molecule has 0 fully saturated rings. The second-order valence-electron chi connectivity index (χ2n) is 5.98. The molecule has 5 heteroatoms. The smallest absolute Gasteiger partial charge is 0.171 e. The van der Waals surface area contributed by atoms with E-state index < -0.39 is 0 Å². The zero-order valence-corrected chi connectivity index (χ0v) is 14.0. The predicted octanol–water partition coefficient (Wildman–Crippen LogP) is 3.71. The Morgan fingerprint density at radius 2 is 2.00 bits per heavy atom. The van der Waals surface area contributed by atoms with Crippen LogP contribution in [0, 0.1) is 5.82 Å². The van der Waals surface area contributed by atoms with Crippen molar-refractivity contribution in [2.75, 3.05) is 7.11 Å². The Labute approximate surface area is 145 Å². The minimum absolute atomic E-state index is 0.219. The van der Waals surface area contributed by atoms with E-state index >= 15 is 0 Å². The molecule has 0 unspecified atom stereocenters. The highest BCUT2D eigenvalue weighted by Crippen LogP contribution is 2.40. The summed E-state index contributed by atoms with van der Waals surface area (Å²) < 4.78 is 19.7. The van der Waals surface area contributed by atoms with E-state index in [9.17, 15) is 4.39 Å². The van der Waals surface area contributed by atoms with Gasteiger partial charge >= 0.3 is 0 Å². The van der Waals surface area contributed by atoms with E-state index in [1.807, 2.05) is 24.3 Å². The van der Waals surface area contributed by atoms with Crippen LogP contribution < -0.4 is 15.4 Å². The highest BCUT2D eigenvalue weighted by Gasteiger charge is 2.32. The molecule has 0 amide bonds. The van der Waals surface area contributed by atoms with Crippen molar-refractivity contribution < 1.29 is 9.13 Å². The molecule has 1 aliphatic heterocycles. The Hall–Kier alpha value is -2.40. The highest BCUT2D eigenvalue weighted by molar-refractivity contribution is 7.80. The summed E-state index contributed by atoms with van der Waals surface area (Å²) in [5.74, 6) is 0.583. The SMILES string of the molecule is COc1ccc2c(c1)C1=C(CC2)[C@@H](c2ccccc2F)NC(=S)N1. The molecular formula is C19H17FN2OS. The van der Waals surface area contributed by atoms with Crippen molar-refractivity contribution in [2.24, 2.45) is 0 Å². The first-order valence-corrected chi connectivity index (χ1v) is 8.30. The number of nitrogens with one attached hydrogen (secondary N) is 2. The van der Waals surface area contributed by atoms with Gasteiger partial charge < -0.3 is 15.4 Å². The van der Waals surface area contributed by atoms with Crippen LogP contribution in [-0.4, -0.2) is 12.2 Å². The molecule has 0 aromatic heterocycles. The largest absolute Gasteiger partial charge is 0.497 e. The van der Waals surface area contributed by atoms with Crippen LogP contribution in [0.4, 0.5) is 4.39 Å². The molecule has 1 atom stereocenters. The first kappa shape index (κ1) is 15.1. The maximum absolute atomic E-state index is 14.3. The molecule has 0 bridgehead atoms. The number of thiocarbonyl (C=S) groups is 1. The normalized spacial score (nSPS) is 19.1. The molecular weight excluding hydrogens is 323 g/mol. The van der Waals surface area contributed by atoms with Crippen LogP contribution in [-0.2, 0) is 6.42 Å². The summed E-state index contributed by atoms with van der Waals surface area (Å²) in [5, 5.41) is 7.00. The molecule has 0 saturated carbocycles. The third-order valence-corrected chi connectivity index (χ3v) is 4.87. The van der Waals surface area contributed by atoms with Crippen molar-refractivity contribution >= 4 is 23.0 Å². The van der Waals surface area contributed by atoms with Gasteiger partial charge in [0.2, 0.25) is 0 Å². The minimum atomic E-state index is -0.241. The fourth-order valence-corrected chi connectivity index (χ4v) is 3.70. The maximum atomic E-state index is 14.3. The van der Waals surface area contributed by atoms with E-state index in [2.05, 4.69) is 16.7 Å². The van der Waals surface area contributed by atoms with Crippen molar-refractivity contribution in [3.8, 4) is 5.75 Å². The standard InChI is InChI=1S/C19H17FN2OS/c1-23-12-8-6-11-7-9-14-17(13-4-2-3-5-16(13)20)21-19(24)22-18(14)15(11)10-12/h2-6,8,10,17H,7,9H2,1H3,(H2,21,22,24)/t17-/m1/s1. The van der Waals surface area contributed by atoms with Crippen molar-refractivity contribution in [3.05, 3.63) is 70.5 Å². The van der Waals surface area contributed by atoms with Gasteiger partial charge in [0.05, 0.1) is 13.2 Å². The molecule has 1 heterocycles. The van der Waals surface area contributed by atoms with E-state index in [4.69, 9.17) is 17.0 Å². The van der Waals surface area contributed by atoms with Crippen molar-refractivity contribution in [1.29, 1.82) is 0 Å². The Balaban J connectivity index is 1.87. The first-order valence-electron chi connectivity index (χ1n) is 7.89. The second-order valence-corrected chi connectivity index (χ2v) is 6.38. The Morgan fingerprint density at radius 3 is 2.79 bits per heavy atom. The van der Waals surface area contributed by atoms with E-state index in [-0.39, 0.29) is 11.9 Å². The topological polar surface area (TPSA) is 33.3 Å². The highest BCUT2D eigenvalue weighted by atomic mass is 32.1. The third kappa shape index (κ3) is 2.45. The average Bonchev–Trinajstić information content (AvgIpc) is 2.61. The van der Waals surface area contributed by atoms with E-state index in [1.165, 1.54) is 11.6 Å². The van der Waals surface area contributed by atoms with Crippen LogP contribution in [0.15, 0.2) is 48.0 Å². The molecule has 2 N–H and O–H groups in total. The molecule has 24 heavy (non-hydrogen) atoms. The number of hydrogen-bond acceptors (Lipinski definition) is 2. The third-order valence-electron chi connectivity index (χ3n) is 4.65. The molecule has 2 aliphatic rings. The predicted molar refractivity (Wildman–Crippen MR) is 96.2 cm³/mol. The summed E-state index contributed by atoms with van der Waals surface area (Å²) >= 11 is 5.37. The first-order chi connectivity index (χ1) is 11.7. The van der Waals surface area contributed by atoms with E-state index in [1.54, 1.807) is 13.2 Å². The van der Waals surface area contributed by atoms with Gasteiger partial charge in [0.15, 0.2) is 5.11 Å². The monoisotopic (exact) mass is 340 g/mol. The lowest BCUT2D eigenvalue weighted by Gasteiger charge is -2.36. The lowest BCUT2D eigenvalue weighted by molar-refractivity contribution is 0.414. The molecule has 1 aliphatic carbocycles. The number of hydrogen-bond donors (Lipinski definition) is 2. The van der Waals surface area contributed by atoms with Gasteiger partial charge in [0, 0.05) is 16.8 Å². The van der Waals surface area contributed by atoms with Gasteiger partial charge in [0.1, 0.15) is 11.6 Å². The number of aryl methyl sites for hydroxylation is 1. The summed E-state index contributed by atoms with van der Waals surface area (Å²) in [6.07, 6.45) is 1.77. The van der Waals surface area contributed by atoms with Crippen LogP contribution in [0.1, 0.15) is 29.2 Å². The maximum Gasteiger partial charge on any atom is 0.171 e. The average molecular weight is 340 g/mol. The van der Waals surface area contributed by atoms with Crippen LogP contribution in [0.2, 0.25) is 0 Å². The number of methoxy groups -OCH3 is 1. The molecule has 3 nitrogen and oxygen atoms in total. The summed E-state index contributed by atoms with van der Waals surface area (Å²) in [6.45, 7) is 0. The number of rotatable bonds is 2. The zero-order valence-electron chi connectivity index (χ0n) is 13.2. The molecule has 4 rings (SSSR count). The Kier molecular flexibility index (Phi) is 3.73. The Morgan fingerprint density at radius 1 is 1.17 bits per heavy atom. The van der Waals surface area contributed by atoms with Gasteiger partial charge in [-0.05, 0) is 54.4 Å².